The van der Waals surface area contributed by atoms with Gasteiger partial charge in [0.05, 0.1) is 0 Å². The van der Waals surface area contributed by atoms with Crippen LogP contribution >= 0.6 is 0 Å². The van der Waals surface area contributed by atoms with Crippen LogP contribution in [0.3, 0.4) is 0 Å². The number of rotatable bonds is 2. The maximum absolute atomic E-state index is 4.36. The zero-order valence-corrected chi connectivity index (χ0v) is 9.66. The summed E-state index contributed by atoms with van der Waals surface area (Å²) in [5, 5.41) is 4.36. The molecule has 1 aliphatic rings. The fraction of sp³-hybridized carbons (Fsp3) is 0.538. The zero-order valence-electron chi connectivity index (χ0n) is 9.66. The molecule has 15 heavy (non-hydrogen) atoms. The lowest BCUT2D eigenvalue weighted by molar-refractivity contribution is 0.231. The Morgan fingerprint density at radius 3 is 2.53 bits per heavy atom. The van der Waals surface area contributed by atoms with Crippen molar-refractivity contribution in [1.29, 1.82) is 0 Å². The molecule has 1 saturated heterocycles. The Morgan fingerprint density at radius 2 is 1.87 bits per heavy atom. The maximum Gasteiger partial charge on any atom is 0.0261 e. The number of piperazine rings is 1. The minimum atomic E-state index is 1.00. The van der Waals surface area contributed by atoms with Crippen molar-refractivity contribution < 1.29 is 0 Å². The molecule has 2 heteroatoms. The topological polar surface area (TPSA) is 17.3 Å². The van der Waals surface area contributed by atoms with Crippen molar-refractivity contribution in [3.8, 4) is 0 Å². The molecular weight excluding hydrogens is 184 g/mol. The highest BCUT2D eigenvalue weighted by Gasteiger charge is 2.10. The zero-order chi connectivity index (χ0) is 10.7. The highest BCUT2D eigenvalue weighted by atomic mass is 15.2. The molecule has 0 bridgehead atoms. The quantitative estimate of drug-likeness (QED) is 0.715. The van der Waals surface area contributed by atoms with E-state index in [1.54, 1.807) is 0 Å². The van der Waals surface area contributed by atoms with Crippen molar-refractivity contribution in [2.45, 2.75) is 20.4 Å². The Balaban J connectivity index is 2.00. The van der Waals surface area contributed by atoms with Gasteiger partial charge in [-0.25, -0.2) is 5.32 Å². The Hall–Kier alpha value is -0.860. The average Bonchev–Trinajstić information content (AvgIpc) is 2.25. The maximum atomic E-state index is 4.36. The molecule has 0 N–H and O–H groups in total. The lowest BCUT2D eigenvalue weighted by Gasteiger charge is -2.26. The molecule has 1 aromatic rings. The third kappa shape index (κ3) is 2.80. The predicted octanol–water partition coefficient (Wildman–Crippen LogP) is 1.72. The molecule has 2 nitrogen and oxygen atoms in total. The van der Waals surface area contributed by atoms with Crippen LogP contribution in [0.4, 0.5) is 0 Å². The Labute approximate surface area is 92.3 Å². The standard InChI is InChI=1S/C13H19N2/c1-11-3-4-13(9-12(11)2)10-15-7-5-14-6-8-15/h3-4,9H,5-8,10H2,1-2H3. The van der Waals surface area contributed by atoms with Crippen LogP contribution in [0.25, 0.3) is 0 Å². The van der Waals surface area contributed by atoms with Crippen molar-refractivity contribution >= 4 is 0 Å². The fourth-order valence-electron chi connectivity index (χ4n) is 1.97. The third-order valence-corrected chi connectivity index (χ3v) is 3.13. The van der Waals surface area contributed by atoms with Gasteiger partial charge in [0.25, 0.3) is 0 Å². The van der Waals surface area contributed by atoms with Gasteiger partial charge >= 0.3 is 0 Å². The van der Waals surface area contributed by atoms with Gasteiger partial charge in [-0.1, -0.05) is 18.2 Å². The molecule has 0 atom stereocenters. The molecule has 1 aromatic carbocycles. The lowest BCUT2D eigenvalue weighted by atomic mass is 10.1. The summed E-state index contributed by atoms with van der Waals surface area (Å²) < 4.78 is 0. The van der Waals surface area contributed by atoms with Gasteiger partial charge in [-0.05, 0) is 30.5 Å². The van der Waals surface area contributed by atoms with E-state index in [1.165, 1.54) is 16.7 Å². The second-order valence-electron chi connectivity index (χ2n) is 4.37. The van der Waals surface area contributed by atoms with E-state index in [0.29, 0.717) is 0 Å². The van der Waals surface area contributed by atoms with Gasteiger partial charge in [0, 0.05) is 32.7 Å². The van der Waals surface area contributed by atoms with E-state index >= 15 is 0 Å². The van der Waals surface area contributed by atoms with E-state index in [-0.39, 0.29) is 0 Å². The van der Waals surface area contributed by atoms with Gasteiger partial charge in [-0.15, -0.1) is 0 Å². The fourth-order valence-corrected chi connectivity index (χ4v) is 1.97. The molecule has 0 amide bonds. The molecule has 0 aliphatic carbocycles. The smallest absolute Gasteiger partial charge is 0.0261 e. The Kier molecular flexibility index (Phi) is 3.39. The first-order valence-electron chi connectivity index (χ1n) is 5.67. The normalized spacial score (nSPS) is 18.0. The summed E-state index contributed by atoms with van der Waals surface area (Å²) >= 11 is 0. The summed E-state index contributed by atoms with van der Waals surface area (Å²) in [4.78, 5) is 2.48. The Bertz CT molecular complexity index is 327. The van der Waals surface area contributed by atoms with Crippen molar-refractivity contribution in [2.75, 3.05) is 26.2 Å². The number of aryl methyl sites for hydroxylation is 2. The summed E-state index contributed by atoms with van der Waals surface area (Å²) in [6, 6.07) is 6.77. The summed E-state index contributed by atoms with van der Waals surface area (Å²) in [7, 11) is 0. The van der Waals surface area contributed by atoms with Crippen LogP contribution in [0.1, 0.15) is 16.7 Å². The molecule has 0 saturated carbocycles. The van der Waals surface area contributed by atoms with Crippen LogP contribution in [0.15, 0.2) is 18.2 Å². The van der Waals surface area contributed by atoms with Crippen LogP contribution in [0.2, 0.25) is 0 Å². The first-order valence-corrected chi connectivity index (χ1v) is 5.67. The van der Waals surface area contributed by atoms with Gasteiger partial charge in [-0.3, -0.25) is 4.90 Å². The first kappa shape index (κ1) is 10.7. The van der Waals surface area contributed by atoms with Crippen molar-refractivity contribution in [3.05, 3.63) is 34.9 Å². The molecular formula is C13H19N2. The lowest BCUT2D eigenvalue weighted by Crippen LogP contribution is -2.39. The van der Waals surface area contributed by atoms with Crippen LogP contribution < -0.4 is 5.32 Å². The first-order chi connectivity index (χ1) is 7.25. The van der Waals surface area contributed by atoms with Gasteiger partial charge in [0.15, 0.2) is 0 Å². The molecule has 0 spiro atoms. The number of hydrogen-bond donors (Lipinski definition) is 0. The van der Waals surface area contributed by atoms with Crippen LogP contribution in [-0.2, 0) is 6.54 Å². The largest absolute Gasteiger partial charge is 0.296 e. The molecule has 1 radical (unpaired) electrons. The van der Waals surface area contributed by atoms with E-state index in [0.717, 1.165) is 32.7 Å². The molecule has 0 unspecified atom stereocenters. The van der Waals surface area contributed by atoms with Crippen LogP contribution in [0.5, 0.6) is 0 Å². The molecule has 0 aromatic heterocycles. The number of benzene rings is 1. The minimum absolute atomic E-state index is 1.00. The number of hydrogen-bond acceptors (Lipinski definition) is 1. The second-order valence-corrected chi connectivity index (χ2v) is 4.37. The van der Waals surface area contributed by atoms with E-state index in [1.807, 2.05) is 0 Å². The molecule has 1 heterocycles. The van der Waals surface area contributed by atoms with E-state index in [4.69, 9.17) is 0 Å². The minimum Gasteiger partial charge on any atom is -0.296 e. The van der Waals surface area contributed by atoms with Gasteiger partial charge in [0.1, 0.15) is 0 Å². The monoisotopic (exact) mass is 203 g/mol. The van der Waals surface area contributed by atoms with Gasteiger partial charge in [-0.2, -0.15) is 0 Å². The van der Waals surface area contributed by atoms with Crippen LogP contribution in [-0.4, -0.2) is 31.1 Å². The van der Waals surface area contributed by atoms with Crippen molar-refractivity contribution in [2.24, 2.45) is 0 Å². The van der Waals surface area contributed by atoms with Gasteiger partial charge < -0.3 is 0 Å². The van der Waals surface area contributed by atoms with Crippen molar-refractivity contribution in [3.63, 3.8) is 0 Å². The Morgan fingerprint density at radius 1 is 1.13 bits per heavy atom. The summed E-state index contributed by atoms with van der Waals surface area (Å²) in [6.07, 6.45) is 0. The highest BCUT2D eigenvalue weighted by Crippen LogP contribution is 2.12. The van der Waals surface area contributed by atoms with Gasteiger partial charge in [0.2, 0.25) is 0 Å². The third-order valence-electron chi connectivity index (χ3n) is 3.13. The second kappa shape index (κ2) is 4.77. The molecule has 81 valence electrons. The molecule has 1 aliphatic heterocycles. The van der Waals surface area contributed by atoms with Crippen LogP contribution in [0, 0.1) is 13.8 Å². The molecule has 1 fully saturated rings. The van der Waals surface area contributed by atoms with E-state index < -0.39 is 0 Å². The number of nitrogens with zero attached hydrogens (tertiary/aromatic N) is 2. The predicted molar refractivity (Wildman–Crippen MR) is 63.1 cm³/mol. The van der Waals surface area contributed by atoms with E-state index in [9.17, 15) is 0 Å². The molecule has 2 rings (SSSR count). The highest BCUT2D eigenvalue weighted by molar-refractivity contribution is 5.29. The summed E-state index contributed by atoms with van der Waals surface area (Å²) in [6.45, 7) is 9.68. The van der Waals surface area contributed by atoms with Crippen molar-refractivity contribution in [1.82, 2.24) is 10.2 Å². The summed E-state index contributed by atoms with van der Waals surface area (Å²) in [5.41, 5.74) is 4.21. The average molecular weight is 203 g/mol. The van der Waals surface area contributed by atoms with E-state index in [2.05, 4.69) is 42.3 Å². The summed E-state index contributed by atoms with van der Waals surface area (Å²) in [5.74, 6) is 0. The SMILES string of the molecule is Cc1ccc(CN2CC[N]CC2)cc1C.